The van der Waals surface area contributed by atoms with Crippen molar-refractivity contribution in [2.75, 3.05) is 19.6 Å². The minimum Gasteiger partial charge on any atom is -0.444 e. The Morgan fingerprint density at radius 2 is 1.72 bits per heavy atom. The van der Waals surface area contributed by atoms with Gasteiger partial charge in [-0.25, -0.2) is 13.6 Å². The molecule has 262 valence electrons. The number of aliphatic hydroxyl groups is 1. The molecular formula is C39H58F2N2O4. The lowest BCUT2D eigenvalue weighted by molar-refractivity contribution is -0.137. The third kappa shape index (κ3) is 6.58. The summed E-state index contributed by atoms with van der Waals surface area (Å²) >= 11 is 0. The molecule has 4 aliphatic carbocycles. The predicted molar refractivity (Wildman–Crippen MR) is 178 cm³/mol. The van der Waals surface area contributed by atoms with Gasteiger partial charge in [0.15, 0.2) is 0 Å². The Hall–Kier alpha value is -2.22. The molecule has 5 aliphatic rings. The minimum absolute atomic E-state index is 0.0558. The van der Waals surface area contributed by atoms with Crippen LogP contribution < -0.4 is 0 Å². The van der Waals surface area contributed by atoms with Crippen LogP contribution in [0.25, 0.3) is 0 Å². The quantitative estimate of drug-likeness (QED) is 0.345. The molecule has 10 atom stereocenters. The van der Waals surface area contributed by atoms with Crippen LogP contribution in [0.2, 0.25) is 0 Å². The minimum atomic E-state index is -0.782. The second kappa shape index (κ2) is 12.9. The summed E-state index contributed by atoms with van der Waals surface area (Å²) in [6.45, 7) is 13.4. The van der Waals surface area contributed by atoms with E-state index in [4.69, 9.17) is 4.74 Å². The van der Waals surface area contributed by atoms with Crippen LogP contribution in [0, 0.1) is 58.0 Å². The Morgan fingerprint density at radius 3 is 2.47 bits per heavy atom. The highest BCUT2D eigenvalue weighted by Crippen LogP contribution is 2.68. The maximum atomic E-state index is 15.1. The first kappa shape index (κ1) is 34.6. The first-order valence-electron chi connectivity index (χ1n) is 18.5. The molecule has 1 aliphatic heterocycles. The number of amides is 2. The summed E-state index contributed by atoms with van der Waals surface area (Å²) in [6, 6.07) is 2.55. The van der Waals surface area contributed by atoms with Gasteiger partial charge < -0.3 is 19.6 Å². The lowest BCUT2D eigenvalue weighted by Crippen LogP contribution is -2.54. The van der Waals surface area contributed by atoms with Gasteiger partial charge >= 0.3 is 6.09 Å². The molecule has 1 heterocycles. The number of aliphatic hydroxyl groups excluding tert-OH is 1. The number of rotatable bonds is 5. The van der Waals surface area contributed by atoms with E-state index in [9.17, 15) is 19.1 Å². The van der Waals surface area contributed by atoms with Gasteiger partial charge in [-0.1, -0.05) is 20.8 Å². The molecule has 1 saturated heterocycles. The van der Waals surface area contributed by atoms with Crippen LogP contribution in [0.3, 0.4) is 0 Å². The van der Waals surface area contributed by atoms with Crippen molar-refractivity contribution < 1.29 is 28.2 Å². The fourth-order valence-electron chi connectivity index (χ4n) is 11.5. The van der Waals surface area contributed by atoms with E-state index in [0.717, 1.165) is 61.6 Å². The molecule has 6 rings (SSSR count). The maximum absolute atomic E-state index is 15.1. The smallest absolute Gasteiger partial charge is 0.410 e. The first-order chi connectivity index (χ1) is 22.1. The van der Waals surface area contributed by atoms with E-state index in [-0.39, 0.29) is 42.6 Å². The van der Waals surface area contributed by atoms with Crippen LogP contribution in [0.4, 0.5) is 13.6 Å². The third-order valence-corrected chi connectivity index (χ3v) is 13.9. The number of halogens is 2. The normalized spacial score (nSPS) is 37.9. The number of fused-ring (bicyclic) bond motifs is 5. The molecule has 0 bridgehead atoms. The van der Waals surface area contributed by atoms with Gasteiger partial charge in [-0.3, -0.25) is 4.79 Å². The van der Waals surface area contributed by atoms with Gasteiger partial charge in [-0.2, -0.15) is 0 Å². The summed E-state index contributed by atoms with van der Waals surface area (Å²) in [4.78, 5) is 30.0. The second-order valence-electron chi connectivity index (χ2n) is 17.5. The molecule has 0 spiro atoms. The molecule has 1 aromatic carbocycles. The summed E-state index contributed by atoms with van der Waals surface area (Å²) in [5.41, 5.74) is 0.0579. The maximum Gasteiger partial charge on any atom is 0.410 e. The molecule has 4 saturated carbocycles. The van der Waals surface area contributed by atoms with Gasteiger partial charge in [0.1, 0.15) is 17.2 Å². The largest absolute Gasteiger partial charge is 0.444 e. The molecule has 1 unspecified atom stereocenters. The monoisotopic (exact) mass is 656 g/mol. The van der Waals surface area contributed by atoms with Crippen LogP contribution in [0.5, 0.6) is 0 Å². The van der Waals surface area contributed by atoms with Crippen molar-refractivity contribution in [2.45, 2.75) is 130 Å². The van der Waals surface area contributed by atoms with E-state index in [1.165, 1.54) is 43.4 Å². The zero-order valence-electron chi connectivity index (χ0n) is 29.6. The first-order valence-corrected chi connectivity index (χ1v) is 18.5. The van der Waals surface area contributed by atoms with Gasteiger partial charge in [0.25, 0.3) is 0 Å². The Kier molecular flexibility index (Phi) is 9.51. The van der Waals surface area contributed by atoms with Crippen molar-refractivity contribution in [1.82, 2.24) is 9.80 Å². The standard InChI is InChI=1S/C39H58F2N2O4/c1-24(30-11-12-31-28-10-8-25-21-27(44)15-17-38(25,5)32(28)16-18-39(30,31)6)7-14-35(45)43-20-19-42(36(46)47-37(2,3)4)23-34(43)29-22-26(40)9-13-33(29)41/h9,13,22,24-25,27-28,30-32,34,44H,7-8,10-12,14-21,23H2,1-6H3/t24-,25-,27-,28+,30-,31+,32+,34?,38+,39-/m1/s1. The average Bonchev–Trinajstić information content (AvgIpc) is 3.37. The number of benzene rings is 1. The van der Waals surface area contributed by atoms with Crippen LogP contribution in [0.1, 0.15) is 124 Å². The number of piperazine rings is 1. The highest BCUT2D eigenvalue weighted by atomic mass is 19.1. The van der Waals surface area contributed by atoms with Crippen LogP contribution in [-0.2, 0) is 9.53 Å². The zero-order chi connectivity index (χ0) is 33.9. The van der Waals surface area contributed by atoms with Crippen molar-refractivity contribution >= 4 is 12.0 Å². The van der Waals surface area contributed by atoms with Gasteiger partial charge in [0.2, 0.25) is 5.91 Å². The van der Waals surface area contributed by atoms with E-state index in [2.05, 4.69) is 20.8 Å². The van der Waals surface area contributed by atoms with Crippen LogP contribution in [-0.4, -0.2) is 58.2 Å². The van der Waals surface area contributed by atoms with Gasteiger partial charge in [-0.15, -0.1) is 0 Å². The van der Waals surface area contributed by atoms with Crippen molar-refractivity contribution in [3.8, 4) is 0 Å². The summed E-state index contributed by atoms with van der Waals surface area (Å²) in [7, 11) is 0. The fraction of sp³-hybridized carbons (Fsp3) is 0.795. The summed E-state index contributed by atoms with van der Waals surface area (Å²) < 4.78 is 35.0. The fourth-order valence-corrected chi connectivity index (χ4v) is 11.5. The predicted octanol–water partition coefficient (Wildman–Crippen LogP) is 8.52. The number of hydrogen-bond donors (Lipinski definition) is 1. The van der Waals surface area contributed by atoms with Gasteiger partial charge in [0, 0.05) is 31.6 Å². The molecule has 5 fully saturated rings. The third-order valence-electron chi connectivity index (χ3n) is 13.9. The Bertz CT molecular complexity index is 1330. The molecule has 2 amide bonds. The Labute approximate surface area is 281 Å². The van der Waals surface area contributed by atoms with Crippen LogP contribution >= 0.6 is 0 Å². The zero-order valence-corrected chi connectivity index (χ0v) is 29.6. The van der Waals surface area contributed by atoms with E-state index < -0.39 is 29.4 Å². The molecule has 0 aromatic heterocycles. The number of carbonyl (C=O) groups is 2. The number of nitrogens with zero attached hydrogens (tertiary/aromatic N) is 2. The average molecular weight is 657 g/mol. The van der Waals surface area contributed by atoms with Crippen molar-refractivity contribution in [2.24, 2.45) is 46.3 Å². The number of carbonyl (C=O) groups excluding carboxylic acids is 2. The summed E-state index contributed by atoms with van der Waals surface area (Å²) in [6.07, 6.45) is 11.2. The van der Waals surface area contributed by atoms with Crippen molar-refractivity contribution in [1.29, 1.82) is 0 Å². The molecular weight excluding hydrogens is 598 g/mol. The van der Waals surface area contributed by atoms with Crippen molar-refractivity contribution in [3.63, 3.8) is 0 Å². The lowest BCUT2D eigenvalue weighted by atomic mass is 9.44. The molecule has 8 heteroatoms. The van der Waals surface area contributed by atoms with Crippen molar-refractivity contribution in [3.05, 3.63) is 35.4 Å². The highest BCUT2D eigenvalue weighted by molar-refractivity contribution is 5.77. The lowest BCUT2D eigenvalue weighted by Gasteiger charge is -2.61. The van der Waals surface area contributed by atoms with Gasteiger partial charge in [0.05, 0.1) is 12.1 Å². The number of ether oxygens (including phenoxy) is 1. The van der Waals surface area contributed by atoms with E-state index >= 15 is 4.39 Å². The topological polar surface area (TPSA) is 70.1 Å². The molecule has 47 heavy (non-hydrogen) atoms. The highest BCUT2D eigenvalue weighted by Gasteiger charge is 2.60. The summed E-state index contributed by atoms with van der Waals surface area (Å²) in [5.74, 6) is 2.67. The molecule has 6 nitrogen and oxygen atoms in total. The Balaban J connectivity index is 1.12. The van der Waals surface area contributed by atoms with Gasteiger partial charge in [-0.05, 0) is 150 Å². The number of hydrogen-bond acceptors (Lipinski definition) is 4. The molecule has 0 radical (unpaired) electrons. The van der Waals surface area contributed by atoms with E-state index in [1.54, 1.807) is 25.7 Å². The van der Waals surface area contributed by atoms with Crippen LogP contribution in [0.15, 0.2) is 18.2 Å². The Morgan fingerprint density at radius 1 is 1.00 bits per heavy atom. The SMILES string of the molecule is C[C@H](CCC(=O)N1CCN(C(=O)OC(C)(C)C)CC1c1cc(F)ccc1F)[C@H]1CC[C@H]2[C@@H]3CC[C@@H]4C[C@H](O)CC[C@]4(C)[C@H]3CC[C@]12C. The second-order valence-corrected chi connectivity index (χ2v) is 17.5. The summed E-state index contributed by atoms with van der Waals surface area (Å²) in [5, 5.41) is 10.4. The van der Waals surface area contributed by atoms with E-state index in [1.807, 2.05) is 0 Å². The van der Waals surface area contributed by atoms with E-state index in [0.29, 0.717) is 29.6 Å². The molecule has 1 aromatic rings. The molecule has 1 N–H and O–H groups in total.